The molecule has 1 fully saturated rings. The first kappa shape index (κ1) is 19.7. The van der Waals surface area contributed by atoms with Crippen molar-refractivity contribution in [2.45, 2.75) is 19.3 Å². The number of nitrogens with zero attached hydrogens (tertiary/aromatic N) is 1. The lowest BCUT2D eigenvalue weighted by Crippen LogP contribution is -2.49. The highest BCUT2D eigenvalue weighted by Crippen LogP contribution is 2.32. The van der Waals surface area contributed by atoms with Gasteiger partial charge in [0.25, 0.3) is 0 Å². The maximum atomic E-state index is 12.0. The number of nitrogens with two attached hydrogens (primary N) is 1. The Bertz CT molecular complexity index is 623. The van der Waals surface area contributed by atoms with Gasteiger partial charge in [-0.3, -0.25) is 19.8 Å². The minimum absolute atomic E-state index is 0. The van der Waals surface area contributed by atoms with Crippen molar-refractivity contribution >= 4 is 41.6 Å². The Morgan fingerprint density at radius 2 is 2.17 bits per heavy atom. The van der Waals surface area contributed by atoms with Crippen LogP contribution in [0.5, 0.6) is 5.75 Å². The van der Waals surface area contributed by atoms with Crippen LogP contribution in [-0.4, -0.2) is 38.0 Å². The number of nitrogens with one attached hydrogen (secondary N) is 2. The maximum absolute atomic E-state index is 12.0. The molecule has 1 aliphatic rings. The zero-order valence-electron chi connectivity index (χ0n) is 13.3. The van der Waals surface area contributed by atoms with Crippen LogP contribution in [0.25, 0.3) is 0 Å². The van der Waals surface area contributed by atoms with E-state index in [0.29, 0.717) is 36.5 Å². The lowest BCUT2D eigenvalue weighted by atomic mass is 10.2. The molecule has 1 aromatic carbocycles. The highest BCUT2D eigenvalue weighted by Gasteiger charge is 2.26. The highest BCUT2D eigenvalue weighted by atomic mass is 35.5. The van der Waals surface area contributed by atoms with E-state index in [1.165, 1.54) is 12.0 Å². The molecule has 0 saturated carbocycles. The Morgan fingerprint density at radius 1 is 1.42 bits per heavy atom. The topological polar surface area (TPSA) is 114 Å². The molecule has 1 saturated heterocycles. The summed E-state index contributed by atoms with van der Waals surface area (Å²) in [5.41, 5.74) is 6.42. The van der Waals surface area contributed by atoms with E-state index >= 15 is 0 Å². The molecule has 0 bridgehead atoms. The van der Waals surface area contributed by atoms with E-state index in [1.807, 2.05) is 0 Å². The summed E-state index contributed by atoms with van der Waals surface area (Å²) in [6, 6.07) is 4.49. The fourth-order valence-corrected chi connectivity index (χ4v) is 2.26. The van der Waals surface area contributed by atoms with E-state index in [0.717, 1.165) is 0 Å². The summed E-state index contributed by atoms with van der Waals surface area (Å²) in [4.78, 5) is 36.4. The minimum Gasteiger partial charge on any atom is -0.495 e. The zero-order chi connectivity index (χ0) is 16.8. The molecule has 132 valence electrons. The summed E-state index contributed by atoms with van der Waals surface area (Å²) in [6.45, 7) is 0.703. The first-order chi connectivity index (χ1) is 11.0. The average Bonchev–Trinajstić information content (AvgIpc) is 2.53. The third-order valence-electron chi connectivity index (χ3n) is 3.42. The van der Waals surface area contributed by atoms with Gasteiger partial charge in [0.15, 0.2) is 0 Å². The molecule has 4 N–H and O–H groups in total. The zero-order valence-corrected chi connectivity index (χ0v) is 14.1. The quantitative estimate of drug-likeness (QED) is 0.709. The number of rotatable bonds is 6. The van der Waals surface area contributed by atoms with E-state index in [9.17, 15) is 14.4 Å². The Kier molecular flexibility index (Phi) is 7.47. The van der Waals surface area contributed by atoms with Crippen LogP contribution in [0.15, 0.2) is 18.2 Å². The molecule has 9 heteroatoms. The second-order valence-corrected chi connectivity index (χ2v) is 5.08. The van der Waals surface area contributed by atoms with Gasteiger partial charge in [-0.25, -0.2) is 4.79 Å². The molecule has 8 nitrogen and oxygen atoms in total. The van der Waals surface area contributed by atoms with Gasteiger partial charge in [0.1, 0.15) is 5.75 Å². The molecule has 2 rings (SSSR count). The smallest absolute Gasteiger partial charge is 0.328 e. The van der Waals surface area contributed by atoms with Gasteiger partial charge in [0.05, 0.1) is 12.8 Å². The van der Waals surface area contributed by atoms with Crippen LogP contribution in [-0.2, 0) is 9.59 Å². The van der Waals surface area contributed by atoms with E-state index in [-0.39, 0.29) is 37.2 Å². The van der Waals surface area contributed by atoms with Gasteiger partial charge in [-0.2, -0.15) is 0 Å². The van der Waals surface area contributed by atoms with Crippen LogP contribution in [0.2, 0.25) is 0 Å². The van der Waals surface area contributed by atoms with Crippen molar-refractivity contribution in [3.05, 3.63) is 18.2 Å². The predicted molar refractivity (Wildman–Crippen MR) is 92.7 cm³/mol. The van der Waals surface area contributed by atoms with Crippen molar-refractivity contribution in [1.82, 2.24) is 5.32 Å². The Balaban J connectivity index is 0.00000288. The Hall–Kier alpha value is -2.32. The van der Waals surface area contributed by atoms with Crippen LogP contribution >= 0.6 is 12.4 Å². The Labute approximate surface area is 146 Å². The average molecular weight is 357 g/mol. The molecular weight excluding hydrogens is 336 g/mol. The van der Waals surface area contributed by atoms with Gasteiger partial charge in [-0.1, -0.05) is 0 Å². The molecule has 0 aliphatic carbocycles. The molecule has 0 spiro atoms. The van der Waals surface area contributed by atoms with E-state index in [4.69, 9.17) is 10.5 Å². The van der Waals surface area contributed by atoms with Crippen molar-refractivity contribution in [1.29, 1.82) is 0 Å². The second kappa shape index (κ2) is 9.09. The SMILES string of the molecule is COc1ccc(NC(=O)CCCN)cc1N1CCC(=O)NC1=O.Cl. The molecule has 0 atom stereocenters. The largest absolute Gasteiger partial charge is 0.495 e. The second-order valence-electron chi connectivity index (χ2n) is 5.08. The van der Waals surface area contributed by atoms with Crippen LogP contribution < -0.4 is 26.0 Å². The van der Waals surface area contributed by atoms with Crippen molar-refractivity contribution in [2.24, 2.45) is 5.73 Å². The van der Waals surface area contributed by atoms with E-state index in [2.05, 4.69) is 10.6 Å². The number of methoxy groups -OCH3 is 1. The third-order valence-corrected chi connectivity index (χ3v) is 3.42. The van der Waals surface area contributed by atoms with Gasteiger partial charge in [0.2, 0.25) is 11.8 Å². The van der Waals surface area contributed by atoms with Gasteiger partial charge in [-0.15, -0.1) is 12.4 Å². The summed E-state index contributed by atoms with van der Waals surface area (Å²) in [7, 11) is 1.49. The Morgan fingerprint density at radius 3 is 2.79 bits per heavy atom. The highest BCUT2D eigenvalue weighted by molar-refractivity contribution is 6.06. The molecule has 0 aromatic heterocycles. The number of halogens is 1. The summed E-state index contributed by atoms with van der Waals surface area (Å²) in [5.74, 6) is 0.0238. The maximum Gasteiger partial charge on any atom is 0.328 e. The van der Waals surface area contributed by atoms with Crippen molar-refractivity contribution in [3.63, 3.8) is 0 Å². The number of hydrogen-bond acceptors (Lipinski definition) is 5. The molecule has 0 unspecified atom stereocenters. The molecule has 1 aliphatic heterocycles. The van der Waals surface area contributed by atoms with Gasteiger partial charge >= 0.3 is 6.03 Å². The number of carbonyl (C=O) groups excluding carboxylic acids is 3. The normalized spacial score (nSPS) is 13.8. The van der Waals surface area contributed by atoms with Crippen molar-refractivity contribution < 1.29 is 19.1 Å². The van der Waals surface area contributed by atoms with Crippen molar-refractivity contribution in [3.8, 4) is 5.75 Å². The molecule has 4 amide bonds. The fraction of sp³-hybridized carbons (Fsp3) is 0.400. The molecule has 1 heterocycles. The van der Waals surface area contributed by atoms with Crippen LogP contribution in [0.1, 0.15) is 19.3 Å². The predicted octanol–water partition coefficient (Wildman–Crippen LogP) is 1.24. The van der Waals surface area contributed by atoms with Gasteiger partial charge in [-0.05, 0) is 31.2 Å². The number of anilines is 2. The summed E-state index contributed by atoms with van der Waals surface area (Å²) in [6.07, 6.45) is 1.14. The lowest BCUT2D eigenvalue weighted by molar-refractivity contribution is -0.120. The summed E-state index contributed by atoms with van der Waals surface area (Å²) >= 11 is 0. The number of hydrogen-bond donors (Lipinski definition) is 3. The van der Waals surface area contributed by atoms with E-state index < -0.39 is 6.03 Å². The standard InChI is InChI=1S/C15H20N4O4.ClH/c1-23-12-5-4-10(17-13(20)3-2-7-16)9-11(12)19-8-6-14(21)18-15(19)22;/h4-5,9H,2-3,6-8,16H2,1H3,(H,17,20)(H,18,21,22);1H. The number of ether oxygens (including phenoxy) is 1. The van der Waals surface area contributed by atoms with Gasteiger partial charge in [0, 0.05) is 25.1 Å². The number of amides is 4. The van der Waals surface area contributed by atoms with Crippen LogP contribution in [0.4, 0.5) is 16.2 Å². The monoisotopic (exact) mass is 356 g/mol. The molecular formula is C15H21ClN4O4. The van der Waals surface area contributed by atoms with Crippen LogP contribution in [0.3, 0.4) is 0 Å². The molecule has 1 aromatic rings. The fourth-order valence-electron chi connectivity index (χ4n) is 2.26. The van der Waals surface area contributed by atoms with Crippen LogP contribution in [0, 0.1) is 0 Å². The minimum atomic E-state index is -0.508. The first-order valence-electron chi connectivity index (χ1n) is 7.34. The third kappa shape index (κ3) is 4.84. The number of urea groups is 1. The number of carbonyl (C=O) groups is 3. The van der Waals surface area contributed by atoms with Gasteiger partial charge < -0.3 is 15.8 Å². The lowest BCUT2D eigenvalue weighted by Gasteiger charge is -2.28. The number of imide groups is 1. The molecule has 24 heavy (non-hydrogen) atoms. The summed E-state index contributed by atoms with van der Waals surface area (Å²) < 4.78 is 5.26. The van der Waals surface area contributed by atoms with Crippen molar-refractivity contribution in [2.75, 3.05) is 30.4 Å². The molecule has 0 radical (unpaired) electrons. The number of benzene rings is 1. The first-order valence-corrected chi connectivity index (χ1v) is 7.34. The van der Waals surface area contributed by atoms with E-state index in [1.54, 1.807) is 18.2 Å². The summed E-state index contributed by atoms with van der Waals surface area (Å²) in [5, 5.41) is 5.01.